The van der Waals surface area contributed by atoms with Gasteiger partial charge >= 0.3 is 12.2 Å². The number of imidazole rings is 2. The maximum absolute atomic E-state index is 14.4. The first-order valence-corrected chi connectivity index (χ1v) is 22.5. The largest absolute Gasteiger partial charge is 0.453 e. The molecule has 2 bridgehead atoms. The van der Waals surface area contributed by atoms with E-state index in [1.807, 2.05) is 29.8 Å². The van der Waals surface area contributed by atoms with Crippen LogP contribution >= 0.6 is 0 Å². The number of hydrogen-bond donors (Lipinski definition) is 4. The van der Waals surface area contributed by atoms with Crippen LogP contribution in [0.1, 0.15) is 83.0 Å². The second-order valence-corrected chi connectivity index (χ2v) is 18.6. The molecule has 3 aliphatic heterocycles. The molecule has 4 N–H and O–H groups in total. The summed E-state index contributed by atoms with van der Waals surface area (Å²) < 4.78 is 15.4. The monoisotopic (exact) mass is 856 g/mol. The Morgan fingerprint density at radius 2 is 1.54 bits per heavy atom. The summed E-state index contributed by atoms with van der Waals surface area (Å²) in [4.78, 5) is 74.2. The zero-order valence-corrected chi connectivity index (χ0v) is 36.4. The van der Waals surface area contributed by atoms with Crippen molar-refractivity contribution in [3.05, 3.63) is 72.4 Å². The Kier molecular flexibility index (Phi) is 10.6. The molecular weight excluding hydrogens is 801 g/mol. The number of nitrogens with zero attached hydrogens (tertiary/aromatic N) is 4. The molecule has 330 valence electrons. The quantitative estimate of drug-likeness (QED) is 0.112. The lowest BCUT2D eigenvalue weighted by molar-refractivity contribution is -0.140. The van der Waals surface area contributed by atoms with Crippen molar-refractivity contribution in [1.29, 1.82) is 0 Å². The molecule has 5 fully saturated rings. The van der Waals surface area contributed by atoms with Crippen LogP contribution < -0.4 is 10.6 Å². The smallest absolute Gasteiger partial charge is 0.407 e. The molecule has 0 unspecified atom stereocenters. The van der Waals surface area contributed by atoms with Crippen LogP contribution in [0, 0.1) is 29.6 Å². The minimum absolute atomic E-state index is 0.0263. The van der Waals surface area contributed by atoms with E-state index in [1.165, 1.54) is 14.2 Å². The van der Waals surface area contributed by atoms with Crippen LogP contribution in [0.3, 0.4) is 0 Å². The fourth-order valence-electron chi connectivity index (χ4n) is 11.4. The first-order chi connectivity index (χ1) is 30.5. The van der Waals surface area contributed by atoms with E-state index < -0.39 is 24.3 Å². The number of methoxy groups -OCH3 is 2. The lowest BCUT2D eigenvalue weighted by atomic mass is 9.89. The van der Waals surface area contributed by atoms with Gasteiger partial charge in [0.2, 0.25) is 11.8 Å². The Bertz CT molecular complexity index is 2560. The number of piperidine rings is 2. The number of likely N-dealkylation sites (tertiary alicyclic amines) is 2. The molecule has 2 aliphatic carbocycles. The van der Waals surface area contributed by atoms with Crippen LogP contribution in [0.15, 0.2) is 60.8 Å². The molecule has 15 nitrogen and oxygen atoms in total. The van der Waals surface area contributed by atoms with Gasteiger partial charge in [-0.1, -0.05) is 63.2 Å². The van der Waals surface area contributed by atoms with Crippen molar-refractivity contribution in [2.45, 2.75) is 95.5 Å². The highest BCUT2D eigenvalue weighted by atomic mass is 16.5. The van der Waals surface area contributed by atoms with E-state index in [0.717, 1.165) is 81.5 Å². The van der Waals surface area contributed by atoms with Gasteiger partial charge in [-0.05, 0) is 102 Å². The van der Waals surface area contributed by atoms with Crippen LogP contribution in [0.2, 0.25) is 0 Å². The molecule has 0 radical (unpaired) electrons. The number of nitrogens with one attached hydrogen (secondary N) is 4. The molecule has 0 spiro atoms. The second-order valence-electron chi connectivity index (χ2n) is 18.6. The predicted molar refractivity (Wildman–Crippen MR) is 235 cm³/mol. The number of benzene rings is 3. The van der Waals surface area contributed by atoms with Crippen molar-refractivity contribution in [3.63, 3.8) is 0 Å². The van der Waals surface area contributed by atoms with Gasteiger partial charge in [0, 0.05) is 30.7 Å². The Hall–Kier alpha value is -5.96. The normalized spacial score (nSPS) is 26.2. The number of rotatable bonds is 10. The summed E-state index contributed by atoms with van der Waals surface area (Å²) in [6.45, 7) is 7.18. The van der Waals surface area contributed by atoms with Gasteiger partial charge in [0.25, 0.3) is 0 Å². The van der Waals surface area contributed by atoms with Gasteiger partial charge in [0.1, 0.15) is 23.7 Å². The summed E-state index contributed by atoms with van der Waals surface area (Å²) in [5.74, 6) is 2.33. The number of H-pyrrole nitrogens is 2. The van der Waals surface area contributed by atoms with Crippen molar-refractivity contribution in [3.8, 4) is 22.4 Å². The van der Waals surface area contributed by atoms with Crippen LogP contribution in [0.5, 0.6) is 0 Å². The Morgan fingerprint density at radius 3 is 2.29 bits per heavy atom. The molecule has 5 aromatic rings. The average molecular weight is 857 g/mol. The number of ether oxygens (including phenoxy) is 3. The van der Waals surface area contributed by atoms with Crippen molar-refractivity contribution in [1.82, 2.24) is 40.4 Å². The summed E-state index contributed by atoms with van der Waals surface area (Å²) in [5.41, 5.74) is 5.79. The molecule has 5 heterocycles. The van der Waals surface area contributed by atoms with E-state index in [2.05, 4.69) is 82.1 Å². The van der Waals surface area contributed by atoms with E-state index in [4.69, 9.17) is 24.2 Å². The topological polar surface area (TPSA) is 184 Å². The zero-order chi connectivity index (χ0) is 43.7. The highest BCUT2D eigenvalue weighted by Gasteiger charge is 2.61. The summed E-state index contributed by atoms with van der Waals surface area (Å²) in [6.07, 6.45) is 5.77. The van der Waals surface area contributed by atoms with Crippen molar-refractivity contribution >= 4 is 45.8 Å². The highest BCUT2D eigenvalue weighted by Crippen LogP contribution is 2.58. The lowest BCUT2D eigenvalue weighted by Gasteiger charge is -2.39. The molecule has 4 amide bonds. The summed E-state index contributed by atoms with van der Waals surface area (Å²) in [7, 11) is 2.63. The Morgan fingerprint density at radius 1 is 0.810 bits per heavy atom. The van der Waals surface area contributed by atoms with Crippen molar-refractivity contribution in [2.75, 3.05) is 27.4 Å². The number of hydrogen-bond acceptors (Lipinski definition) is 9. The van der Waals surface area contributed by atoms with Crippen molar-refractivity contribution in [2.24, 2.45) is 29.6 Å². The highest BCUT2D eigenvalue weighted by molar-refractivity contribution is 6.05. The summed E-state index contributed by atoms with van der Waals surface area (Å²) >= 11 is 0. The number of aromatic nitrogens is 4. The van der Waals surface area contributed by atoms with Gasteiger partial charge in [-0.25, -0.2) is 19.6 Å². The number of alkyl carbamates (subject to hydrolysis) is 2. The number of carbonyl (C=O) groups excluding carboxylic acids is 4. The molecule has 63 heavy (non-hydrogen) atoms. The first kappa shape index (κ1) is 41.1. The summed E-state index contributed by atoms with van der Waals surface area (Å²) in [5, 5.41) is 7.73. The first-order valence-electron chi connectivity index (χ1n) is 22.5. The van der Waals surface area contributed by atoms with Gasteiger partial charge < -0.3 is 44.6 Å². The number of fused-ring (bicyclic) bond motifs is 6. The molecule has 10 rings (SSSR count). The molecule has 5 aliphatic rings. The molecule has 3 aromatic carbocycles. The molecule has 9 atom stereocenters. The third-order valence-electron chi connectivity index (χ3n) is 14.8. The Balaban J connectivity index is 0.869. The fraction of sp³-hybridized carbons (Fsp3) is 0.500. The summed E-state index contributed by atoms with van der Waals surface area (Å²) in [6, 6.07) is 17.5. The van der Waals surface area contributed by atoms with Gasteiger partial charge in [0.15, 0.2) is 0 Å². The van der Waals surface area contributed by atoms with Crippen LogP contribution in [-0.2, 0) is 23.8 Å². The number of amides is 4. The van der Waals surface area contributed by atoms with E-state index in [-0.39, 0.29) is 47.8 Å². The van der Waals surface area contributed by atoms with Crippen LogP contribution in [0.4, 0.5) is 9.59 Å². The molecule has 3 saturated heterocycles. The van der Waals surface area contributed by atoms with Crippen LogP contribution in [0.25, 0.3) is 44.2 Å². The third-order valence-corrected chi connectivity index (χ3v) is 14.8. The maximum Gasteiger partial charge on any atom is 0.407 e. The minimum Gasteiger partial charge on any atom is -0.453 e. The lowest BCUT2D eigenvalue weighted by Crippen LogP contribution is -2.55. The molecule has 2 saturated carbocycles. The van der Waals surface area contributed by atoms with E-state index in [0.29, 0.717) is 43.8 Å². The SMILES string of the molecule is COC(=O)N[C@H](C(=O)N1[C@@H]2[C@H](C)[C@@H]2C[C@H]1c1nc2c(ccc3cc(-c4ccc(-c5cnc([C@@H]6[C@H]7CC[C@H](C7)N6C(=O)[C@@H](NC(=O)OC)C6CCOCC6)[nH]5)cc4)ccc32)[nH]1)C(C)C. The Labute approximate surface area is 366 Å². The fourth-order valence-corrected chi connectivity index (χ4v) is 11.4. The molecular formula is C48H56N8O7. The van der Waals surface area contributed by atoms with E-state index >= 15 is 0 Å². The zero-order valence-electron chi connectivity index (χ0n) is 36.4. The van der Waals surface area contributed by atoms with E-state index in [9.17, 15) is 19.2 Å². The van der Waals surface area contributed by atoms with Crippen molar-refractivity contribution < 1.29 is 33.4 Å². The van der Waals surface area contributed by atoms with Gasteiger partial charge in [-0.2, -0.15) is 0 Å². The van der Waals surface area contributed by atoms with E-state index in [1.54, 1.807) is 0 Å². The standard InChI is InChI=1S/C48H56N8O7/c1-24(2)38(53-47(59)61-4)45(57)56-37(22-34-25(3)41(34)56)43-50-35-15-12-30-20-29(11-14-33(30)40(35)52-43)26-6-8-27(9-7-26)36-23-49-44(51-36)42-31-10-13-32(21-31)55(42)46(58)39(54-48(60)62-5)28-16-18-63-19-17-28/h6-9,11-12,14-15,20,23-25,28,31-32,34,37-39,41-42H,10,13,16-19,21-22H2,1-5H3,(H,49,51)(H,50,52)(H,53,59)(H,54,60)/t25-,31+,32-,34+,37+,38+,39+,41-,42+/m1/s1. The predicted octanol–water partition coefficient (Wildman–Crippen LogP) is 7.26. The molecule has 2 aromatic heterocycles. The number of carbonyl (C=O) groups is 4. The number of aromatic amines is 2. The molecule has 15 heteroatoms. The maximum atomic E-state index is 14.4. The van der Waals surface area contributed by atoms with Gasteiger partial charge in [-0.3, -0.25) is 9.59 Å². The van der Waals surface area contributed by atoms with Crippen LogP contribution in [-0.4, -0.2) is 105 Å². The third kappa shape index (κ3) is 7.27. The minimum atomic E-state index is -0.698. The van der Waals surface area contributed by atoms with Gasteiger partial charge in [-0.15, -0.1) is 0 Å². The second kappa shape index (κ2) is 16.3. The van der Waals surface area contributed by atoms with Gasteiger partial charge in [0.05, 0.1) is 49.2 Å². The average Bonchev–Trinajstić information content (AvgIpc) is 4.04.